The largest absolute Gasteiger partial charge is 0.494 e. The maximum Gasteiger partial charge on any atom is 0.233 e. The molecule has 1 aliphatic heterocycles. The average molecular weight is 539 g/mol. The van der Waals surface area contributed by atoms with Crippen molar-refractivity contribution < 1.29 is 17.9 Å². The average Bonchev–Trinajstić information content (AvgIpc) is 3.40. The zero-order valence-corrected chi connectivity index (χ0v) is 22.2. The van der Waals surface area contributed by atoms with Crippen molar-refractivity contribution in [1.82, 2.24) is 19.9 Å². The normalized spacial score (nSPS) is 13.9. The van der Waals surface area contributed by atoms with E-state index in [1.54, 1.807) is 25.6 Å². The van der Waals surface area contributed by atoms with Crippen molar-refractivity contribution >= 4 is 50.0 Å². The fraction of sp³-hybridized carbons (Fsp3) is 0.320. The number of benzene rings is 1. The van der Waals surface area contributed by atoms with Crippen molar-refractivity contribution in [2.45, 2.75) is 6.54 Å². The number of methoxy groups -OCH3 is 1. The fourth-order valence-electron chi connectivity index (χ4n) is 4.24. The van der Waals surface area contributed by atoms with E-state index < -0.39 is 10.0 Å². The topological polar surface area (TPSA) is 138 Å². The molecule has 0 saturated carbocycles. The van der Waals surface area contributed by atoms with Crippen LogP contribution in [0.25, 0.3) is 11.0 Å². The van der Waals surface area contributed by atoms with Gasteiger partial charge in [-0.15, -0.1) is 0 Å². The summed E-state index contributed by atoms with van der Waals surface area (Å²) in [6.07, 6.45) is 4.50. The molecule has 0 bridgehead atoms. The highest BCUT2D eigenvalue weighted by Gasteiger charge is 2.18. The lowest BCUT2D eigenvalue weighted by Gasteiger charge is -2.29. The highest BCUT2D eigenvalue weighted by molar-refractivity contribution is 7.92. The second-order valence-corrected chi connectivity index (χ2v) is 10.8. The van der Waals surface area contributed by atoms with E-state index in [-0.39, 0.29) is 0 Å². The Labute approximate surface area is 221 Å². The Hall–Kier alpha value is -4.10. The molecule has 1 aromatic carbocycles. The van der Waals surface area contributed by atoms with Gasteiger partial charge in [0.1, 0.15) is 23.0 Å². The Kier molecular flexibility index (Phi) is 7.20. The van der Waals surface area contributed by atoms with Gasteiger partial charge < -0.3 is 30.0 Å². The maximum atomic E-state index is 12.1. The number of rotatable bonds is 9. The number of aromatic amines is 1. The van der Waals surface area contributed by atoms with E-state index >= 15 is 0 Å². The van der Waals surface area contributed by atoms with Crippen molar-refractivity contribution in [3.8, 4) is 5.75 Å². The first kappa shape index (κ1) is 25.5. The number of aromatic nitrogens is 4. The maximum absolute atomic E-state index is 12.1. The van der Waals surface area contributed by atoms with Crippen LogP contribution in [0.4, 0.5) is 29.0 Å². The first-order valence-corrected chi connectivity index (χ1v) is 13.9. The number of morpholine rings is 1. The second kappa shape index (κ2) is 10.7. The molecule has 13 heteroatoms. The van der Waals surface area contributed by atoms with E-state index in [0.29, 0.717) is 54.3 Å². The minimum absolute atomic E-state index is 0.303. The van der Waals surface area contributed by atoms with Gasteiger partial charge in [-0.1, -0.05) is 6.07 Å². The number of hydrogen-bond donors (Lipinski definition) is 3. The summed E-state index contributed by atoms with van der Waals surface area (Å²) < 4.78 is 36.5. The zero-order valence-electron chi connectivity index (χ0n) is 21.4. The van der Waals surface area contributed by atoms with E-state index in [2.05, 4.69) is 30.5 Å². The van der Waals surface area contributed by atoms with Gasteiger partial charge in [-0.2, -0.15) is 9.97 Å². The van der Waals surface area contributed by atoms with Crippen LogP contribution < -0.4 is 24.6 Å². The summed E-state index contributed by atoms with van der Waals surface area (Å²) in [5.74, 6) is 1.98. The predicted molar refractivity (Wildman–Crippen MR) is 148 cm³/mol. The van der Waals surface area contributed by atoms with Crippen LogP contribution in [0, 0.1) is 0 Å². The monoisotopic (exact) mass is 538 g/mol. The van der Waals surface area contributed by atoms with Gasteiger partial charge in [-0.25, -0.2) is 13.4 Å². The predicted octanol–water partition coefficient (Wildman–Crippen LogP) is 2.95. The van der Waals surface area contributed by atoms with Gasteiger partial charge in [0, 0.05) is 56.4 Å². The van der Waals surface area contributed by atoms with Gasteiger partial charge in [0.25, 0.3) is 0 Å². The molecule has 1 saturated heterocycles. The minimum Gasteiger partial charge on any atom is -0.494 e. The zero-order chi connectivity index (χ0) is 26.7. The van der Waals surface area contributed by atoms with Crippen LogP contribution in [-0.4, -0.2) is 75.1 Å². The number of fused-ring (bicyclic) bond motifs is 1. The standard InChI is InChI=1S/C25H30N8O4S/c1-32(38(3,34)35)24-17(5-4-9-27-24)16-28-23-19-8-10-26-22(19)30-25(31-23)29-20-7-6-18(15-21(20)36-2)33-11-13-37-14-12-33/h4-10,15H,11-14,16H2,1-3H3,(H3,26,28,29,30,31). The Balaban J connectivity index is 1.40. The molecular formula is C25H30N8O4S. The molecule has 200 valence electrons. The smallest absolute Gasteiger partial charge is 0.233 e. The Morgan fingerprint density at radius 2 is 2.00 bits per heavy atom. The number of hydrogen-bond acceptors (Lipinski definition) is 10. The molecule has 0 atom stereocenters. The van der Waals surface area contributed by atoms with Crippen molar-refractivity contribution in [2.24, 2.45) is 0 Å². The molecule has 38 heavy (non-hydrogen) atoms. The molecule has 1 fully saturated rings. The number of nitrogens with one attached hydrogen (secondary N) is 3. The van der Waals surface area contributed by atoms with Crippen LogP contribution in [0.5, 0.6) is 5.75 Å². The summed E-state index contributed by atoms with van der Waals surface area (Å²) >= 11 is 0. The first-order valence-electron chi connectivity index (χ1n) is 12.1. The molecule has 1 aliphatic rings. The van der Waals surface area contributed by atoms with Gasteiger partial charge in [-0.3, -0.25) is 4.31 Å². The molecular weight excluding hydrogens is 508 g/mol. The summed E-state index contributed by atoms with van der Waals surface area (Å²) in [5.41, 5.74) is 3.14. The van der Waals surface area contributed by atoms with E-state index in [1.807, 2.05) is 30.3 Å². The van der Waals surface area contributed by atoms with Crippen LogP contribution in [0.2, 0.25) is 0 Å². The number of pyridine rings is 1. The van der Waals surface area contributed by atoms with Crippen LogP contribution >= 0.6 is 0 Å². The highest BCUT2D eigenvalue weighted by Crippen LogP contribution is 2.33. The first-order chi connectivity index (χ1) is 18.3. The fourth-order valence-corrected chi connectivity index (χ4v) is 4.72. The lowest BCUT2D eigenvalue weighted by Crippen LogP contribution is -2.36. The third kappa shape index (κ3) is 5.43. The number of anilines is 5. The summed E-state index contributed by atoms with van der Waals surface area (Å²) in [7, 11) is -0.352. The number of nitrogens with zero attached hydrogens (tertiary/aromatic N) is 5. The van der Waals surface area contributed by atoms with Gasteiger partial charge in [0.2, 0.25) is 16.0 Å². The summed E-state index contributed by atoms with van der Waals surface area (Å²) in [6.45, 7) is 3.37. The second-order valence-electron chi connectivity index (χ2n) is 8.81. The molecule has 4 aromatic rings. The SMILES string of the molecule is COc1cc(N2CCOCC2)ccc1Nc1nc(NCc2cccnc2N(C)S(C)(=O)=O)c2cc[nH]c2n1. The Bertz CT molecular complexity index is 1540. The van der Waals surface area contributed by atoms with Gasteiger partial charge >= 0.3 is 0 Å². The van der Waals surface area contributed by atoms with Crippen LogP contribution in [0.15, 0.2) is 48.8 Å². The van der Waals surface area contributed by atoms with Gasteiger partial charge in [0.15, 0.2) is 0 Å². The molecule has 5 rings (SSSR count). The van der Waals surface area contributed by atoms with E-state index in [9.17, 15) is 8.42 Å². The molecule has 3 aromatic heterocycles. The molecule has 0 aliphatic carbocycles. The quantitative estimate of drug-likeness (QED) is 0.292. The van der Waals surface area contributed by atoms with Gasteiger partial charge in [0.05, 0.1) is 37.7 Å². The molecule has 12 nitrogen and oxygen atoms in total. The van der Waals surface area contributed by atoms with Crippen LogP contribution in [-0.2, 0) is 21.3 Å². The molecule has 0 radical (unpaired) electrons. The lowest BCUT2D eigenvalue weighted by atomic mass is 10.2. The summed E-state index contributed by atoms with van der Waals surface area (Å²) in [5, 5.41) is 7.39. The molecule has 0 amide bonds. The Morgan fingerprint density at radius 1 is 1.18 bits per heavy atom. The van der Waals surface area contributed by atoms with Crippen molar-refractivity contribution in [3.63, 3.8) is 0 Å². The van der Waals surface area contributed by atoms with Crippen molar-refractivity contribution in [1.29, 1.82) is 0 Å². The van der Waals surface area contributed by atoms with E-state index in [4.69, 9.17) is 14.5 Å². The molecule has 0 spiro atoms. The lowest BCUT2D eigenvalue weighted by molar-refractivity contribution is 0.122. The molecule has 3 N–H and O–H groups in total. The summed E-state index contributed by atoms with van der Waals surface area (Å²) in [4.78, 5) is 19.0. The molecule has 0 unspecified atom stereocenters. The number of ether oxygens (including phenoxy) is 2. The third-order valence-corrected chi connectivity index (χ3v) is 7.50. The minimum atomic E-state index is -3.46. The Morgan fingerprint density at radius 3 is 2.76 bits per heavy atom. The third-order valence-electron chi connectivity index (χ3n) is 6.33. The van der Waals surface area contributed by atoms with E-state index in [0.717, 1.165) is 40.4 Å². The van der Waals surface area contributed by atoms with E-state index in [1.165, 1.54) is 7.05 Å². The van der Waals surface area contributed by atoms with Crippen molar-refractivity contribution in [2.75, 3.05) is 66.6 Å². The van der Waals surface area contributed by atoms with Crippen molar-refractivity contribution in [3.05, 3.63) is 54.4 Å². The highest BCUT2D eigenvalue weighted by atomic mass is 32.2. The van der Waals surface area contributed by atoms with Crippen LogP contribution in [0.1, 0.15) is 5.56 Å². The van der Waals surface area contributed by atoms with Gasteiger partial charge in [-0.05, 0) is 24.3 Å². The number of sulfonamides is 1. The summed E-state index contributed by atoms with van der Waals surface area (Å²) in [6, 6.07) is 11.4. The van der Waals surface area contributed by atoms with Crippen LogP contribution in [0.3, 0.4) is 0 Å². The molecule has 4 heterocycles. The number of H-pyrrole nitrogens is 1.